The van der Waals surface area contributed by atoms with Gasteiger partial charge in [-0.15, -0.1) is 0 Å². The molecule has 3 atom stereocenters. The van der Waals surface area contributed by atoms with E-state index < -0.39 is 24.6 Å². The lowest BCUT2D eigenvalue weighted by Gasteiger charge is -2.16. The molecule has 0 unspecified atom stereocenters. The Morgan fingerprint density at radius 2 is 1.68 bits per heavy atom. The first-order chi connectivity index (χ1) is 19.8. The van der Waals surface area contributed by atoms with Crippen LogP contribution < -0.4 is 5.73 Å². The second-order valence-corrected chi connectivity index (χ2v) is 10.4. The van der Waals surface area contributed by atoms with Crippen LogP contribution >= 0.6 is 0 Å². The maximum atomic E-state index is 13.6. The lowest BCUT2D eigenvalue weighted by atomic mass is 9.92. The SMILES string of the molecule is CC[C@@H](N)c1ccccc1.O=C(O)C[C@H](O)C[C@H](O)/C=C/c1c(C2CC2)nc2ccccc2c1-c1ccc(F)cc1. The highest BCUT2D eigenvalue weighted by Crippen LogP contribution is 2.45. The van der Waals surface area contributed by atoms with Gasteiger partial charge in [-0.1, -0.05) is 79.7 Å². The van der Waals surface area contributed by atoms with Gasteiger partial charge < -0.3 is 21.1 Å². The fraction of sp³-hybridized carbons (Fsp3) is 0.294. The van der Waals surface area contributed by atoms with E-state index in [0.717, 1.165) is 52.5 Å². The van der Waals surface area contributed by atoms with Crippen LogP contribution in [0.2, 0.25) is 0 Å². The van der Waals surface area contributed by atoms with Crippen LogP contribution in [0.5, 0.6) is 0 Å². The molecule has 1 aromatic heterocycles. The van der Waals surface area contributed by atoms with Crippen molar-refractivity contribution in [3.63, 3.8) is 0 Å². The molecule has 0 saturated heterocycles. The van der Waals surface area contributed by atoms with Crippen LogP contribution in [0.3, 0.4) is 0 Å². The Bertz CT molecular complexity index is 1470. The first kappa shape index (κ1) is 30.1. The Morgan fingerprint density at radius 3 is 2.32 bits per heavy atom. The Hall–Kier alpha value is -3.91. The summed E-state index contributed by atoms with van der Waals surface area (Å²) in [6.45, 7) is 2.09. The number of carboxylic acid groups (broad SMARTS) is 1. The Balaban J connectivity index is 0.000000328. The van der Waals surface area contributed by atoms with Gasteiger partial charge in [-0.3, -0.25) is 9.78 Å². The van der Waals surface area contributed by atoms with Crippen molar-refractivity contribution < 1.29 is 24.5 Å². The molecule has 0 amide bonds. The van der Waals surface area contributed by atoms with E-state index in [1.165, 1.54) is 17.7 Å². The molecule has 1 heterocycles. The van der Waals surface area contributed by atoms with Crippen LogP contribution in [-0.2, 0) is 4.79 Å². The van der Waals surface area contributed by atoms with E-state index in [1.54, 1.807) is 24.3 Å². The number of pyridine rings is 1. The van der Waals surface area contributed by atoms with Crippen LogP contribution in [0.4, 0.5) is 4.39 Å². The largest absolute Gasteiger partial charge is 0.481 e. The van der Waals surface area contributed by atoms with Crippen LogP contribution in [-0.4, -0.2) is 38.5 Å². The van der Waals surface area contributed by atoms with Crippen LogP contribution in [0.15, 0.2) is 84.9 Å². The molecule has 3 aromatic carbocycles. The second kappa shape index (κ2) is 14.1. The van der Waals surface area contributed by atoms with E-state index in [0.29, 0.717) is 5.92 Å². The number of aliphatic hydroxyl groups is 2. The molecule has 6 nitrogen and oxygen atoms in total. The molecule has 0 bridgehead atoms. The molecule has 4 aromatic rings. The molecular formula is C34H37FN2O4. The molecule has 5 rings (SSSR count). The zero-order valence-electron chi connectivity index (χ0n) is 23.2. The number of halogens is 1. The predicted molar refractivity (Wildman–Crippen MR) is 161 cm³/mol. The first-order valence-corrected chi connectivity index (χ1v) is 14.0. The van der Waals surface area contributed by atoms with Gasteiger partial charge in [0, 0.05) is 34.9 Å². The molecule has 1 fully saturated rings. The van der Waals surface area contributed by atoms with Gasteiger partial charge in [0.05, 0.1) is 29.8 Å². The van der Waals surface area contributed by atoms with Crippen molar-refractivity contribution in [1.82, 2.24) is 4.98 Å². The number of carbonyl (C=O) groups is 1. The zero-order valence-corrected chi connectivity index (χ0v) is 23.2. The van der Waals surface area contributed by atoms with Crippen LogP contribution in [0.25, 0.3) is 28.1 Å². The van der Waals surface area contributed by atoms with Crippen molar-refractivity contribution in [1.29, 1.82) is 0 Å². The number of para-hydroxylation sites is 1. The number of hydrogen-bond donors (Lipinski definition) is 4. The zero-order chi connectivity index (χ0) is 29.4. The third kappa shape index (κ3) is 8.30. The van der Waals surface area contributed by atoms with E-state index in [9.17, 15) is 19.4 Å². The van der Waals surface area contributed by atoms with Gasteiger partial charge in [0.25, 0.3) is 0 Å². The molecule has 41 heavy (non-hydrogen) atoms. The van der Waals surface area contributed by atoms with E-state index in [-0.39, 0.29) is 18.3 Å². The number of aromatic nitrogens is 1. The van der Waals surface area contributed by atoms with Gasteiger partial charge >= 0.3 is 5.97 Å². The van der Waals surface area contributed by atoms with E-state index in [1.807, 2.05) is 42.5 Å². The number of fused-ring (bicyclic) bond motifs is 1. The summed E-state index contributed by atoms with van der Waals surface area (Å²) in [4.78, 5) is 15.6. The maximum absolute atomic E-state index is 13.6. The number of hydrogen-bond acceptors (Lipinski definition) is 5. The molecule has 0 spiro atoms. The summed E-state index contributed by atoms with van der Waals surface area (Å²) in [6.07, 6.45) is 3.80. The quantitative estimate of drug-likeness (QED) is 0.175. The van der Waals surface area contributed by atoms with Gasteiger partial charge in [0.2, 0.25) is 0 Å². The monoisotopic (exact) mass is 556 g/mol. The highest BCUT2D eigenvalue weighted by atomic mass is 19.1. The minimum absolute atomic E-state index is 0.0749. The second-order valence-electron chi connectivity index (χ2n) is 10.4. The van der Waals surface area contributed by atoms with Gasteiger partial charge in [-0.05, 0) is 48.6 Å². The van der Waals surface area contributed by atoms with Crippen molar-refractivity contribution in [3.05, 3.63) is 108 Å². The number of aliphatic carboxylic acids is 1. The molecule has 0 radical (unpaired) electrons. The fourth-order valence-corrected chi connectivity index (χ4v) is 4.80. The van der Waals surface area contributed by atoms with Crippen molar-refractivity contribution in [2.75, 3.05) is 0 Å². The number of carboxylic acids is 1. The van der Waals surface area contributed by atoms with E-state index in [4.69, 9.17) is 15.8 Å². The molecule has 1 aliphatic rings. The summed E-state index contributed by atoms with van der Waals surface area (Å²) in [5, 5.41) is 29.9. The third-order valence-electron chi connectivity index (χ3n) is 7.13. The van der Waals surface area contributed by atoms with Crippen LogP contribution in [0.1, 0.15) is 67.8 Å². The fourth-order valence-electron chi connectivity index (χ4n) is 4.80. The van der Waals surface area contributed by atoms with E-state index in [2.05, 4.69) is 19.1 Å². The highest BCUT2D eigenvalue weighted by molar-refractivity contribution is 5.99. The summed E-state index contributed by atoms with van der Waals surface area (Å²) < 4.78 is 13.6. The predicted octanol–water partition coefficient (Wildman–Crippen LogP) is 6.61. The molecule has 1 saturated carbocycles. The molecule has 7 heteroatoms. The highest BCUT2D eigenvalue weighted by Gasteiger charge is 2.29. The van der Waals surface area contributed by atoms with Gasteiger partial charge in [0.1, 0.15) is 5.82 Å². The smallest absolute Gasteiger partial charge is 0.305 e. The minimum atomic E-state index is -1.13. The number of benzene rings is 3. The van der Waals surface area contributed by atoms with Gasteiger partial charge in [0.15, 0.2) is 0 Å². The summed E-state index contributed by atoms with van der Waals surface area (Å²) >= 11 is 0. The first-order valence-electron chi connectivity index (χ1n) is 14.0. The maximum Gasteiger partial charge on any atom is 0.305 e. The molecule has 214 valence electrons. The lowest BCUT2D eigenvalue weighted by Crippen LogP contribution is -2.19. The Morgan fingerprint density at radius 1 is 1.02 bits per heavy atom. The standard InChI is InChI=1S/C25H24FNO4.C9H13N/c26-17-9-7-15(8-10-17)24-20-3-1-2-4-22(20)27-25(16-5-6-16)21(24)12-11-18(28)13-19(29)14-23(30)31;1-2-9(10)8-6-4-3-5-7-8/h1-4,7-12,16,18-19,28-29H,5-6,13-14H2,(H,30,31);3-7,9H,2,10H2,1H3/b12-11+;/t18-,19-;9-/m11/s1. The summed E-state index contributed by atoms with van der Waals surface area (Å²) in [5.41, 5.74) is 11.4. The van der Waals surface area contributed by atoms with Crippen molar-refractivity contribution >= 4 is 22.9 Å². The summed E-state index contributed by atoms with van der Waals surface area (Å²) in [7, 11) is 0. The molecule has 5 N–H and O–H groups in total. The lowest BCUT2D eigenvalue weighted by molar-refractivity contribution is -0.139. The Labute approximate surface area is 240 Å². The third-order valence-corrected chi connectivity index (χ3v) is 7.13. The minimum Gasteiger partial charge on any atom is -0.481 e. The Kier molecular flexibility index (Phi) is 10.4. The normalized spacial score (nSPS) is 15.2. The number of rotatable bonds is 10. The number of aliphatic hydroxyl groups excluding tert-OH is 2. The van der Waals surface area contributed by atoms with E-state index >= 15 is 0 Å². The molecular weight excluding hydrogens is 519 g/mol. The van der Waals surface area contributed by atoms with Crippen molar-refractivity contribution in [2.45, 2.75) is 63.2 Å². The average Bonchev–Trinajstić information content (AvgIpc) is 3.81. The average molecular weight is 557 g/mol. The summed E-state index contributed by atoms with van der Waals surface area (Å²) in [6, 6.07) is 24.5. The summed E-state index contributed by atoms with van der Waals surface area (Å²) in [5.74, 6) is -1.10. The van der Waals surface area contributed by atoms with Gasteiger partial charge in [-0.25, -0.2) is 4.39 Å². The molecule has 0 aliphatic heterocycles. The number of nitrogens with two attached hydrogens (primary N) is 1. The number of nitrogens with zero attached hydrogens (tertiary/aromatic N) is 1. The molecule has 1 aliphatic carbocycles. The topological polar surface area (TPSA) is 117 Å². The van der Waals surface area contributed by atoms with Crippen molar-refractivity contribution in [3.8, 4) is 11.1 Å². The van der Waals surface area contributed by atoms with Gasteiger partial charge in [-0.2, -0.15) is 0 Å². The van der Waals surface area contributed by atoms with Crippen molar-refractivity contribution in [2.24, 2.45) is 5.73 Å². The van der Waals surface area contributed by atoms with Crippen LogP contribution in [0, 0.1) is 5.82 Å².